The van der Waals surface area contributed by atoms with Crippen LogP contribution < -0.4 is 21.3 Å². The highest BCUT2D eigenvalue weighted by atomic mass is 32.2. The summed E-state index contributed by atoms with van der Waals surface area (Å²) in [4.78, 5) is 23.9. The molecule has 0 radical (unpaired) electrons. The second-order valence-electron chi connectivity index (χ2n) is 4.84. The highest BCUT2D eigenvalue weighted by Crippen LogP contribution is 2.14. The van der Waals surface area contributed by atoms with Crippen LogP contribution in [0.2, 0.25) is 0 Å². The number of hydrogen-bond donors (Lipinski definition) is 3. The zero-order chi connectivity index (χ0) is 16.8. The number of nitrogens with one attached hydrogen (secondary N) is 2. The summed E-state index contributed by atoms with van der Waals surface area (Å²) in [5.41, 5.74) is 8.67. The van der Waals surface area contributed by atoms with E-state index in [1.54, 1.807) is 11.8 Å². The molecule has 23 heavy (non-hydrogen) atoms. The minimum absolute atomic E-state index is 0.379. The Hall–Kier alpha value is -2.00. The van der Waals surface area contributed by atoms with Crippen LogP contribution in [0.25, 0.3) is 10.2 Å². The first kappa shape index (κ1) is 17.4. The fourth-order valence-electron chi connectivity index (χ4n) is 2.05. The van der Waals surface area contributed by atoms with Gasteiger partial charge in [-0.05, 0) is 30.6 Å². The second kappa shape index (κ2) is 8.02. The van der Waals surface area contributed by atoms with Gasteiger partial charge in [0.05, 0.1) is 10.2 Å². The molecule has 1 aromatic carbocycles. The van der Waals surface area contributed by atoms with E-state index in [2.05, 4.69) is 15.8 Å². The number of nitrogens with two attached hydrogens (primary N) is 1. The molecule has 1 atom stereocenters. The molecule has 4 N–H and O–H groups in total. The third-order valence-corrected chi connectivity index (χ3v) is 4.98. The summed E-state index contributed by atoms with van der Waals surface area (Å²) in [6.07, 6.45) is 2.42. The summed E-state index contributed by atoms with van der Waals surface area (Å²) in [6.45, 7) is 0. The predicted molar refractivity (Wildman–Crippen MR) is 94.0 cm³/mol. The molecule has 124 valence electrons. The van der Waals surface area contributed by atoms with Crippen molar-refractivity contribution in [3.8, 4) is 0 Å². The van der Waals surface area contributed by atoms with Crippen LogP contribution in [-0.4, -0.2) is 34.6 Å². The Kier molecular flexibility index (Phi) is 6.05. The lowest BCUT2D eigenvalue weighted by atomic mass is 10.2. The van der Waals surface area contributed by atoms with Crippen LogP contribution in [0.5, 0.6) is 0 Å². The maximum Gasteiger partial charge on any atom is 0.312 e. The number of primary amides is 1. The van der Waals surface area contributed by atoms with E-state index in [-0.39, 0.29) is 5.91 Å². The summed E-state index contributed by atoms with van der Waals surface area (Å²) in [7, 11) is 1.89. The highest BCUT2D eigenvalue weighted by molar-refractivity contribution is 7.98. The molecule has 2 aromatic rings. The van der Waals surface area contributed by atoms with Crippen molar-refractivity contribution in [3.05, 3.63) is 29.1 Å². The van der Waals surface area contributed by atoms with E-state index in [9.17, 15) is 9.59 Å². The summed E-state index contributed by atoms with van der Waals surface area (Å²) in [6, 6.07) is 6.48. The van der Waals surface area contributed by atoms with Gasteiger partial charge in [0.2, 0.25) is 4.80 Å². The lowest BCUT2D eigenvalue weighted by molar-refractivity contribution is -0.123. The Morgan fingerprint density at radius 2 is 2.17 bits per heavy atom. The van der Waals surface area contributed by atoms with Crippen LogP contribution in [0, 0.1) is 0 Å². The van der Waals surface area contributed by atoms with Gasteiger partial charge in [-0.15, -0.1) is 5.10 Å². The summed E-state index contributed by atoms with van der Waals surface area (Å²) >= 11 is 3.06. The molecule has 0 fully saturated rings. The number of carbonyl (C=O) groups is 2. The number of para-hydroxylation sites is 1. The zero-order valence-electron chi connectivity index (χ0n) is 12.9. The molecule has 0 bridgehead atoms. The van der Waals surface area contributed by atoms with E-state index in [0.29, 0.717) is 11.2 Å². The molecule has 0 aliphatic carbocycles. The maximum absolute atomic E-state index is 12.2. The molecule has 1 heterocycles. The standard InChI is InChI=1S/C14H19N5O2S2/c1-19-10-5-3-4-6-11(10)23-14(19)18-17-12(20)9(7-8-22-2)16-13(15)21/h3-6,9H,7-8H2,1-2H3,(H,17,20)(H3,15,16,21)/b18-14-. The first-order valence-electron chi connectivity index (χ1n) is 6.96. The molecule has 2 rings (SSSR count). The normalized spacial score (nSPS) is 13.0. The SMILES string of the molecule is CSCCC(NC(N)=O)C(=O)N/N=c1\sc2ccccc2n1C. The van der Waals surface area contributed by atoms with Crippen molar-refractivity contribution in [3.63, 3.8) is 0 Å². The van der Waals surface area contributed by atoms with Gasteiger partial charge in [-0.3, -0.25) is 4.79 Å². The number of benzene rings is 1. The second-order valence-corrected chi connectivity index (χ2v) is 6.84. The van der Waals surface area contributed by atoms with Crippen LogP contribution in [-0.2, 0) is 11.8 Å². The van der Waals surface area contributed by atoms with Crippen LogP contribution >= 0.6 is 23.1 Å². The monoisotopic (exact) mass is 353 g/mol. The number of thiazole rings is 1. The third-order valence-electron chi connectivity index (χ3n) is 3.22. The topological polar surface area (TPSA) is 102 Å². The molecule has 7 nitrogen and oxygen atoms in total. The van der Waals surface area contributed by atoms with Gasteiger partial charge in [-0.1, -0.05) is 23.5 Å². The van der Waals surface area contributed by atoms with Gasteiger partial charge in [0.15, 0.2) is 0 Å². The fraction of sp³-hybridized carbons (Fsp3) is 0.357. The number of thioether (sulfide) groups is 1. The van der Waals surface area contributed by atoms with E-state index in [1.165, 1.54) is 11.3 Å². The number of amides is 3. The van der Waals surface area contributed by atoms with Crippen LogP contribution in [0.15, 0.2) is 29.4 Å². The lowest BCUT2D eigenvalue weighted by Gasteiger charge is -2.14. The molecule has 9 heteroatoms. The van der Waals surface area contributed by atoms with Crippen LogP contribution in [0.1, 0.15) is 6.42 Å². The van der Waals surface area contributed by atoms with Crippen LogP contribution in [0.4, 0.5) is 4.79 Å². The van der Waals surface area contributed by atoms with E-state index in [1.807, 2.05) is 42.1 Å². The molecule has 3 amide bonds. The molecule has 0 spiro atoms. The number of carbonyl (C=O) groups excluding carboxylic acids is 2. The van der Waals surface area contributed by atoms with Crippen molar-refractivity contribution in [2.24, 2.45) is 17.9 Å². The van der Waals surface area contributed by atoms with Crippen molar-refractivity contribution in [2.45, 2.75) is 12.5 Å². The Labute approximate surface area is 141 Å². The lowest BCUT2D eigenvalue weighted by Crippen LogP contribution is -2.48. The van der Waals surface area contributed by atoms with Gasteiger partial charge >= 0.3 is 6.03 Å². The first-order chi connectivity index (χ1) is 11.0. The van der Waals surface area contributed by atoms with Gasteiger partial charge in [0.1, 0.15) is 6.04 Å². The number of fused-ring (bicyclic) bond motifs is 1. The highest BCUT2D eigenvalue weighted by Gasteiger charge is 2.19. The first-order valence-corrected chi connectivity index (χ1v) is 9.17. The van der Waals surface area contributed by atoms with Crippen molar-refractivity contribution in [1.82, 2.24) is 15.3 Å². The van der Waals surface area contributed by atoms with Crippen molar-refractivity contribution >= 4 is 45.3 Å². The number of urea groups is 1. The van der Waals surface area contributed by atoms with Gasteiger partial charge in [0.25, 0.3) is 5.91 Å². The number of rotatable bonds is 6. The molecule has 0 aliphatic heterocycles. The van der Waals surface area contributed by atoms with Crippen molar-refractivity contribution < 1.29 is 9.59 Å². The molecule has 0 saturated carbocycles. The zero-order valence-corrected chi connectivity index (χ0v) is 14.5. The Balaban J connectivity index is 2.16. The molecule has 1 unspecified atom stereocenters. The van der Waals surface area contributed by atoms with Gasteiger partial charge < -0.3 is 15.6 Å². The van der Waals surface area contributed by atoms with Crippen LogP contribution in [0.3, 0.4) is 0 Å². The largest absolute Gasteiger partial charge is 0.352 e. The smallest absolute Gasteiger partial charge is 0.312 e. The molecular formula is C14H19N5O2S2. The average Bonchev–Trinajstić information content (AvgIpc) is 2.85. The number of hydrogen-bond acceptors (Lipinski definition) is 5. The maximum atomic E-state index is 12.2. The summed E-state index contributed by atoms with van der Waals surface area (Å²) in [5, 5.41) is 6.60. The summed E-state index contributed by atoms with van der Waals surface area (Å²) < 4.78 is 2.98. The van der Waals surface area contributed by atoms with E-state index in [4.69, 9.17) is 5.73 Å². The Morgan fingerprint density at radius 1 is 1.43 bits per heavy atom. The fourth-order valence-corrected chi connectivity index (χ4v) is 3.50. The van der Waals surface area contributed by atoms with E-state index < -0.39 is 12.1 Å². The number of aromatic nitrogens is 1. The Morgan fingerprint density at radius 3 is 2.83 bits per heavy atom. The minimum Gasteiger partial charge on any atom is -0.352 e. The number of nitrogens with zero attached hydrogens (tertiary/aromatic N) is 2. The van der Waals surface area contributed by atoms with Gasteiger partial charge in [-0.2, -0.15) is 11.8 Å². The van der Waals surface area contributed by atoms with Crippen molar-refractivity contribution in [2.75, 3.05) is 12.0 Å². The molecule has 0 saturated heterocycles. The predicted octanol–water partition coefficient (Wildman–Crippen LogP) is 0.962. The van der Waals surface area contributed by atoms with E-state index in [0.717, 1.165) is 16.0 Å². The van der Waals surface area contributed by atoms with E-state index >= 15 is 0 Å². The van der Waals surface area contributed by atoms with Gasteiger partial charge in [-0.25, -0.2) is 10.2 Å². The third kappa shape index (κ3) is 4.49. The minimum atomic E-state index is -0.723. The molecule has 0 aliphatic rings. The summed E-state index contributed by atoms with van der Waals surface area (Å²) in [5.74, 6) is 0.352. The Bertz CT molecular complexity index is 768. The van der Waals surface area contributed by atoms with Crippen molar-refractivity contribution in [1.29, 1.82) is 0 Å². The average molecular weight is 353 g/mol. The molecular weight excluding hydrogens is 334 g/mol. The quantitative estimate of drug-likeness (QED) is 0.674. The molecule has 1 aromatic heterocycles. The number of aryl methyl sites for hydroxylation is 1. The van der Waals surface area contributed by atoms with Gasteiger partial charge in [0, 0.05) is 7.05 Å².